The van der Waals surface area contributed by atoms with Crippen LogP contribution in [0.15, 0.2) is 70.1 Å². The van der Waals surface area contributed by atoms with E-state index in [1.165, 1.54) is 12.1 Å². The topological polar surface area (TPSA) is 161 Å². The Morgan fingerprint density at radius 2 is 1.82 bits per heavy atom. The number of aliphatic hydroxyl groups is 1. The summed E-state index contributed by atoms with van der Waals surface area (Å²) in [6.45, 7) is 8.06. The van der Waals surface area contributed by atoms with Crippen molar-refractivity contribution in [1.82, 2.24) is 24.8 Å². The number of nitrogens with zero attached hydrogens (tertiary/aromatic N) is 5. The zero-order chi connectivity index (χ0) is 34.5. The van der Waals surface area contributed by atoms with E-state index in [1.54, 1.807) is 35.4 Å². The van der Waals surface area contributed by atoms with Crippen LogP contribution in [0, 0.1) is 19.3 Å². The van der Waals surface area contributed by atoms with Crippen molar-refractivity contribution in [3.05, 3.63) is 88.9 Å². The van der Waals surface area contributed by atoms with Crippen LogP contribution in [-0.4, -0.2) is 63.5 Å². The number of nitrogens with one attached hydrogen (secondary N) is 1. The summed E-state index contributed by atoms with van der Waals surface area (Å²) >= 11 is 0. The normalized spacial score (nSPS) is 18.8. The van der Waals surface area contributed by atoms with E-state index >= 15 is 0 Å². The molecule has 4 heterocycles. The van der Waals surface area contributed by atoms with Gasteiger partial charge in [0.05, 0.1) is 41.7 Å². The molecule has 1 amide bonds. The molecule has 0 radical (unpaired) electrons. The molecule has 13 heteroatoms. The molecule has 1 aliphatic carbocycles. The minimum absolute atomic E-state index is 0.0169. The first-order valence-corrected chi connectivity index (χ1v) is 17.8. The van der Waals surface area contributed by atoms with Crippen LogP contribution < -0.4 is 9.46 Å². The van der Waals surface area contributed by atoms with Gasteiger partial charge in [-0.1, -0.05) is 38.1 Å². The molecule has 1 saturated carbocycles. The third-order valence-electron chi connectivity index (χ3n) is 9.41. The van der Waals surface area contributed by atoms with Crippen molar-refractivity contribution in [2.45, 2.75) is 70.4 Å². The van der Waals surface area contributed by atoms with Crippen molar-refractivity contribution in [3.63, 3.8) is 0 Å². The van der Waals surface area contributed by atoms with Gasteiger partial charge in [0.25, 0.3) is 15.9 Å². The lowest BCUT2D eigenvalue weighted by Gasteiger charge is -2.33. The molecule has 2 aromatic carbocycles. The Hall–Kier alpha value is -4.88. The molecule has 0 spiro atoms. The van der Waals surface area contributed by atoms with Crippen LogP contribution in [0.1, 0.15) is 72.0 Å². The van der Waals surface area contributed by atoms with Gasteiger partial charge in [0.15, 0.2) is 0 Å². The summed E-state index contributed by atoms with van der Waals surface area (Å²) in [5.41, 5.74) is 4.89. The molecule has 2 N–H and O–H groups in total. The maximum Gasteiger partial charge on any atom is 0.264 e. The summed E-state index contributed by atoms with van der Waals surface area (Å²) in [6, 6.07) is 14.9. The van der Waals surface area contributed by atoms with Gasteiger partial charge in [-0.3, -0.25) is 4.79 Å². The number of fused-ring (bicyclic) bond motifs is 5. The molecule has 0 unspecified atom stereocenters. The molecule has 2 atom stereocenters. The number of hydrogen-bond donors (Lipinski definition) is 2. The SMILES string of the molecule is Cc1cccc(C)c1-c1cc2nc(n1)NS(=O)(=O)c1cccc(c1)C(=O)N(Cc1cnc3oc([C@@H](C)CO)cc3n1)[C@H](CC1(C)CC1)CO2. The molecule has 0 saturated heterocycles. The first-order chi connectivity index (χ1) is 23.4. The fraction of sp³-hybridized carbons (Fsp3) is 0.361. The molecule has 7 rings (SSSR count). The molecule has 12 nitrogen and oxygen atoms in total. The molecule has 49 heavy (non-hydrogen) atoms. The van der Waals surface area contributed by atoms with E-state index in [0.717, 1.165) is 29.5 Å². The Kier molecular flexibility index (Phi) is 8.35. The van der Waals surface area contributed by atoms with Gasteiger partial charge in [0.1, 0.15) is 17.9 Å². The zero-order valence-corrected chi connectivity index (χ0v) is 28.6. The van der Waals surface area contributed by atoms with Crippen LogP contribution in [0.2, 0.25) is 0 Å². The van der Waals surface area contributed by atoms with Gasteiger partial charge >= 0.3 is 0 Å². The highest BCUT2D eigenvalue weighted by atomic mass is 32.2. The van der Waals surface area contributed by atoms with Gasteiger partial charge in [-0.2, -0.15) is 4.98 Å². The third-order valence-corrected chi connectivity index (χ3v) is 10.7. The molecular formula is C36H38N6O6S. The van der Waals surface area contributed by atoms with Crippen molar-refractivity contribution in [3.8, 4) is 17.1 Å². The Morgan fingerprint density at radius 3 is 2.55 bits per heavy atom. The lowest BCUT2D eigenvalue weighted by molar-refractivity contribution is 0.0537. The number of furan rings is 1. The molecule has 5 aromatic rings. The fourth-order valence-electron chi connectivity index (χ4n) is 6.29. The number of amides is 1. The average molecular weight is 683 g/mol. The van der Waals surface area contributed by atoms with Crippen molar-refractivity contribution >= 4 is 33.1 Å². The number of anilines is 1. The van der Waals surface area contributed by atoms with Gasteiger partial charge in [-0.05, 0) is 67.9 Å². The number of ether oxygens (including phenoxy) is 1. The van der Waals surface area contributed by atoms with Gasteiger partial charge in [0, 0.05) is 29.2 Å². The summed E-state index contributed by atoms with van der Waals surface area (Å²) in [6.07, 6.45) is 4.26. The van der Waals surface area contributed by atoms with Crippen LogP contribution in [-0.2, 0) is 16.6 Å². The van der Waals surface area contributed by atoms with Gasteiger partial charge < -0.3 is 19.2 Å². The summed E-state index contributed by atoms with van der Waals surface area (Å²) in [5, 5.41) is 9.61. The van der Waals surface area contributed by atoms with Gasteiger partial charge in [-0.15, -0.1) is 0 Å². The minimum atomic E-state index is -4.19. The number of carbonyl (C=O) groups is 1. The van der Waals surface area contributed by atoms with Crippen LogP contribution in [0.3, 0.4) is 0 Å². The maximum atomic E-state index is 14.5. The predicted molar refractivity (Wildman–Crippen MR) is 183 cm³/mol. The minimum Gasteiger partial charge on any atom is -0.475 e. The highest BCUT2D eigenvalue weighted by Gasteiger charge is 2.42. The van der Waals surface area contributed by atoms with Crippen LogP contribution in [0.5, 0.6) is 5.88 Å². The van der Waals surface area contributed by atoms with Gasteiger partial charge in [0.2, 0.25) is 17.5 Å². The maximum absolute atomic E-state index is 14.5. The number of aliphatic hydroxyl groups excluding tert-OH is 1. The Bertz CT molecular complexity index is 2160. The van der Waals surface area contributed by atoms with Crippen molar-refractivity contribution in [2.24, 2.45) is 5.41 Å². The fourth-order valence-corrected chi connectivity index (χ4v) is 7.28. The quantitative estimate of drug-likeness (QED) is 0.215. The molecular weight excluding hydrogens is 644 g/mol. The number of aryl methyl sites for hydroxylation is 2. The number of benzene rings is 2. The monoisotopic (exact) mass is 682 g/mol. The zero-order valence-electron chi connectivity index (χ0n) is 27.8. The second-order valence-electron chi connectivity index (χ2n) is 13.5. The molecule has 2 aliphatic rings. The molecule has 1 fully saturated rings. The summed E-state index contributed by atoms with van der Waals surface area (Å²) in [4.78, 5) is 34.4. The van der Waals surface area contributed by atoms with E-state index in [4.69, 9.17) is 14.1 Å². The number of rotatable bonds is 7. The molecule has 3 aromatic heterocycles. The van der Waals surface area contributed by atoms with E-state index < -0.39 is 16.1 Å². The second kappa shape index (κ2) is 12.5. The van der Waals surface area contributed by atoms with E-state index in [9.17, 15) is 18.3 Å². The lowest BCUT2D eigenvalue weighted by Crippen LogP contribution is -2.44. The van der Waals surface area contributed by atoms with Gasteiger partial charge in [-0.25, -0.2) is 28.1 Å². The van der Waals surface area contributed by atoms with Crippen LogP contribution in [0.4, 0.5) is 5.95 Å². The van der Waals surface area contributed by atoms with Crippen molar-refractivity contribution in [1.29, 1.82) is 0 Å². The summed E-state index contributed by atoms with van der Waals surface area (Å²) in [5.74, 6) is 0.0210. The standard InChI is InChI=1S/C36H38N6O6S/c1-21-7-5-8-22(2)32(21)28-15-31-40-35(39-28)41-49(45,46)27-10-6-9-24(13-27)34(44)42(26(20-47-31)16-36(4)11-12-36)18-25-17-37-33-29(38-25)14-30(48-33)23(3)19-43/h5-10,13-15,17,23,26,43H,11-12,16,18-20H2,1-4H3,(H,39,40,41)/t23-,26+/m0/s1. The number of aromatic nitrogens is 4. The predicted octanol–water partition coefficient (Wildman–Crippen LogP) is 5.79. The van der Waals surface area contributed by atoms with E-state index in [2.05, 4.69) is 26.6 Å². The largest absolute Gasteiger partial charge is 0.475 e. The Balaban J connectivity index is 1.34. The number of carbonyl (C=O) groups excluding carboxylic acids is 1. The van der Waals surface area contributed by atoms with Crippen LogP contribution >= 0.6 is 0 Å². The Morgan fingerprint density at radius 1 is 1.06 bits per heavy atom. The third kappa shape index (κ3) is 6.73. The lowest BCUT2D eigenvalue weighted by atomic mass is 9.97. The highest BCUT2D eigenvalue weighted by Crippen LogP contribution is 2.49. The van der Waals surface area contributed by atoms with E-state index in [1.807, 2.05) is 39.0 Å². The summed E-state index contributed by atoms with van der Waals surface area (Å²) < 4.78 is 42.1. The molecule has 1 aliphatic heterocycles. The first-order valence-electron chi connectivity index (χ1n) is 16.3. The number of hydrogen-bond acceptors (Lipinski definition) is 10. The molecule has 4 bridgehead atoms. The van der Waals surface area contributed by atoms with Crippen LogP contribution in [0.25, 0.3) is 22.5 Å². The summed E-state index contributed by atoms with van der Waals surface area (Å²) in [7, 11) is -4.19. The van der Waals surface area contributed by atoms with Crippen molar-refractivity contribution in [2.75, 3.05) is 17.9 Å². The average Bonchev–Trinajstić information content (AvgIpc) is 3.65. The smallest absolute Gasteiger partial charge is 0.264 e. The molecule has 254 valence electrons. The number of sulfonamides is 1. The first kappa shape index (κ1) is 32.7. The Labute approximate surface area is 284 Å². The highest BCUT2D eigenvalue weighted by molar-refractivity contribution is 7.92. The van der Waals surface area contributed by atoms with E-state index in [-0.39, 0.29) is 59.3 Å². The van der Waals surface area contributed by atoms with E-state index in [0.29, 0.717) is 34.8 Å². The van der Waals surface area contributed by atoms with Crippen molar-refractivity contribution < 1.29 is 27.5 Å². The second-order valence-corrected chi connectivity index (χ2v) is 15.2.